The zero-order valence-electron chi connectivity index (χ0n) is 16.2. The molecule has 0 radical (unpaired) electrons. The normalized spacial score (nSPS) is 16.9. The Bertz CT molecular complexity index is 870. The molecule has 0 aliphatic carbocycles. The molecule has 2 heterocycles. The maximum absolute atomic E-state index is 12.9. The molecule has 2 aliphatic rings. The Labute approximate surface area is 165 Å². The van der Waals surface area contributed by atoms with Gasteiger partial charge in [-0.2, -0.15) is 0 Å². The summed E-state index contributed by atoms with van der Waals surface area (Å²) in [5, 5.41) is 3.41. The lowest BCUT2D eigenvalue weighted by Gasteiger charge is -2.23. The van der Waals surface area contributed by atoms with E-state index < -0.39 is 0 Å². The molecule has 1 amide bonds. The third-order valence-electron chi connectivity index (χ3n) is 5.84. The number of nitrogens with one attached hydrogen (secondary N) is 1. The summed E-state index contributed by atoms with van der Waals surface area (Å²) in [7, 11) is 1.40. The number of rotatable bonds is 5. The minimum Gasteiger partial charge on any atom is -0.469 e. The molecule has 2 aliphatic heterocycles. The maximum atomic E-state index is 12.9. The molecule has 0 aromatic heterocycles. The van der Waals surface area contributed by atoms with Crippen molar-refractivity contribution in [3.8, 4) is 0 Å². The number of fused-ring (bicyclic) bond motifs is 1. The van der Waals surface area contributed by atoms with Gasteiger partial charge in [0, 0.05) is 17.7 Å². The minimum absolute atomic E-state index is 0.0640. The highest BCUT2D eigenvalue weighted by molar-refractivity contribution is 6.10. The predicted octanol–water partition coefficient (Wildman–Crippen LogP) is 3.42. The minimum atomic E-state index is -0.209. The molecule has 5 heteroatoms. The van der Waals surface area contributed by atoms with Crippen LogP contribution in [-0.4, -0.2) is 32.1 Å². The van der Waals surface area contributed by atoms with Crippen LogP contribution in [0.3, 0.4) is 0 Å². The highest BCUT2D eigenvalue weighted by Crippen LogP contribution is 2.33. The molecule has 1 fully saturated rings. The van der Waals surface area contributed by atoms with Crippen LogP contribution < -0.4 is 10.2 Å². The van der Waals surface area contributed by atoms with Crippen LogP contribution >= 0.6 is 0 Å². The Morgan fingerprint density at radius 1 is 1.14 bits per heavy atom. The lowest BCUT2D eigenvalue weighted by molar-refractivity contribution is -0.140. The topological polar surface area (TPSA) is 58.6 Å². The van der Waals surface area contributed by atoms with Gasteiger partial charge < -0.3 is 15.0 Å². The van der Waals surface area contributed by atoms with Gasteiger partial charge in [-0.15, -0.1) is 0 Å². The average Bonchev–Trinajstić information content (AvgIpc) is 3.09. The van der Waals surface area contributed by atoms with Gasteiger partial charge in [-0.25, -0.2) is 0 Å². The molecular weight excluding hydrogens is 352 g/mol. The first-order valence-corrected chi connectivity index (χ1v) is 9.97. The first-order chi connectivity index (χ1) is 13.7. The lowest BCUT2D eigenvalue weighted by Crippen LogP contribution is -2.26. The highest BCUT2D eigenvalue weighted by atomic mass is 16.5. The third kappa shape index (κ3) is 3.80. The smallest absolute Gasteiger partial charge is 0.305 e. The molecule has 146 valence electrons. The molecule has 5 nitrogen and oxygen atoms in total. The second-order valence-electron chi connectivity index (χ2n) is 7.57. The second kappa shape index (κ2) is 8.15. The Morgan fingerprint density at radius 3 is 2.61 bits per heavy atom. The van der Waals surface area contributed by atoms with Crippen molar-refractivity contribution in [1.29, 1.82) is 0 Å². The summed E-state index contributed by atoms with van der Waals surface area (Å²) in [6, 6.07) is 14.2. The van der Waals surface area contributed by atoms with E-state index in [1.54, 1.807) is 0 Å². The van der Waals surface area contributed by atoms with Crippen molar-refractivity contribution in [2.45, 2.75) is 38.1 Å². The summed E-state index contributed by atoms with van der Waals surface area (Å²) in [4.78, 5) is 26.0. The van der Waals surface area contributed by atoms with Crippen LogP contribution in [0.1, 0.15) is 52.2 Å². The summed E-state index contributed by atoms with van der Waals surface area (Å²) >= 11 is 0. The SMILES string of the molecule is COC(=O)CCc1ccc(N2Cc3cc(C4CCNCC4)ccc3C2=O)cc1. The molecule has 28 heavy (non-hydrogen) atoms. The molecule has 2 aromatic rings. The molecule has 0 saturated carbocycles. The summed E-state index contributed by atoms with van der Waals surface area (Å²) in [5.74, 6) is 0.442. The van der Waals surface area contributed by atoms with Crippen LogP contribution in [0.4, 0.5) is 5.69 Å². The van der Waals surface area contributed by atoms with Gasteiger partial charge in [-0.1, -0.05) is 24.3 Å². The number of ether oxygens (including phenoxy) is 1. The monoisotopic (exact) mass is 378 g/mol. The molecule has 1 saturated heterocycles. The van der Waals surface area contributed by atoms with E-state index in [1.165, 1.54) is 12.7 Å². The van der Waals surface area contributed by atoms with Gasteiger partial charge in [0.2, 0.25) is 0 Å². The maximum Gasteiger partial charge on any atom is 0.305 e. The van der Waals surface area contributed by atoms with Gasteiger partial charge in [0.15, 0.2) is 0 Å². The number of piperidine rings is 1. The Kier molecular flexibility index (Phi) is 5.44. The Balaban J connectivity index is 1.47. The molecule has 0 spiro atoms. The first-order valence-electron chi connectivity index (χ1n) is 9.97. The number of benzene rings is 2. The van der Waals surface area contributed by atoms with E-state index in [0.29, 0.717) is 25.3 Å². The number of aryl methyl sites for hydroxylation is 1. The van der Waals surface area contributed by atoms with Crippen LogP contribution in [0.5, 0.6) is 0 Å². The number of nitrogens with zero attached hydrogens (tertiary/aromatic N) is 1. The fraction of sp³-hybridized carbons (Fsp3) is 0.391. The standard InChI is InChI=1S/C23H26N2O3/c1-28-22(26)9-4-16-2-6-20(7-3-16)25-15-19-14-18(5-8-21(19)23(25)27)17-10-12-24-13-11-17/h2-3,5-8,14,17,24H,4,9-13,15H2,1H3. The number of anilines is 1. The Hall–Kier alpha value is -2.66. The van der Waals surface area contributed by atoms with Crippen LogP contribution in [0.2, 0.25) is 0 Å². The van der Waals surface area contributed by atoms with Gasteiger partial charge in [-0.05, 0) is 73.2 Å². The van der Waals surface area contributed by atoms with Crippen LogP contribution in [-0.2, 0) is 22.5 Å². The van der Waals surface area contributed by atoms with Crippen LogP contribution in [0.15, 0.2) is 42.5 Å². The molecule has 4 rings (SSSR count). The fourth-order valence-electron chi connectivity index (χ4n) is 4.15. The number of amides is 1. The zero-order valence-corrected chi connectivity index (χ0v) is 16.2. The van der Waals surface area contributed by atoms with Crippen molar-refractivity contribution in [1.82, 2.24) is 5.32 Å². The van der Waals surface area contributed by atoms with Gasteiger partial charge >= 0.3 is 5.97 Å². The van der Waals surface area contributed by atoms with Crippen molar-refractivity contribution < 1.29 is 14.3 Å². The molecule has 2 aromatic carbocycles. The van der Waals surface area contributed by atoms with Crippen molar-refractivity contribution in [3.63, 3.8) is 0 Å². The molecule has 0 bridgehead atoms. The van der Waals surface area contributed by atoms with E-state index in [9.17, 15) is 9.59 Å². The number of carbonyl (C=O) groups excluding carboxylic acids is 2. The summed E-state index contributed by atoms with van der Waals surface area (Å²) in [6.45, 7) is 2.75. The van der Waals surface area contributed by atoms with Crippen LogP contribution in [0, 0.1) is 0 Å². The summed E-state index contributed by atoms with van der Waals surface area (Å²) in [6.07, 6.45) is 3.32. The molecular formula is C23H26N2O3. The van der Waals surface area contributed by atoms with Gasteiger partial charge in [0.05, 0.1) is 13.7 Å². The van der Waals surface area contributed by atoms with E-state index in [2.05, 4.69) is 22.2 Å². The fourth-order valence-corrected chi connectivity index (χ4v) is 4.15. The average molecular weight is 378 g/mol. The van der Waals surface area contributed by atoms with E-state index in [0.717, 1.165) is 48.3 Å². The third-order valence-corrected chi connectivity index (χ3v) is 5.84. The quantitative estimate of drug-likeness (QED) is 0.810. The number of methoxy groups -OCH3 is 1. The van der Waals surface area contributed by atoms with Crippen molar-refractivity contribution >= 4 is 17.6 Å². The molecule has 1 N–H and O–H groups in total. The van der Waals surface area contributed by atoms with Gasteiger partial charge in [0.25, 0.3) is 5.91 Å². The predicted molar refractivity (Wildman–Crippen MR) is 109 cm³/mol. The number of esters is 1. The van der Waals surface area contributed by atoms with Crippen LogP contribution in [0.25, 0.3) is 0 Å². The zero-order chi connectivity index (χ0) is 19.5. The molecule has 0 atom stereocenters. The van der Waals surface area contributed by atoms with Gasteiger partial charge in [-0.3, -0.25) is 9.59 Å². The van der Waals surface area contributed by atoms with E-state index >= 15 is 0 Å². The lowest BCUT2D eigenvalue weighted by atomic mass is 9.88. The van der Waals surface area contributed by atoms with Crippen molar-refractivity contribution in [2.75, 3.05) is 25.1 Å². The first kappa shape index (κ1) is 18.7. The van der Waals surface area contributed by atoms with E-state index in [4.69, 9.17) is 0 Å². The highest BCUT2D eigenvalue weighted by Gasteiger charge is 2.29. The van der Waals surface area contributed by atoms with E-state index in [1.807, 2.05) is 35.2 Å². The van der Waals surface area contributed by atoms with Crippen molar-refractivity contribution in [2.24, 2.45) is 0 Å². The summed E-state index contributed by atoms with van der Waals surface area (Å²) in [5.41, 5.74) is 5.24. The number of hydrogen-bond donors (Lipinski definition) is 1. The number of hydrogen-bond acceptors (Lipinski definition) is 4. The molecule has 0 unspecified atom stereocenters. The van der Waals surface area contributed by atoms with Gasteiger partial charge in [0.1, 0.15) is 0 Å². The largest absolute Gasteiger partial charge is 0.469 e. The summed E-state index contributed by atoms with van der Waals surface area (Å²) < 4.78 is 4.68. The Morgan fingerprint density at radius 2 is 1.89 bits per heavy atom. The van der Waals surface area contributed by atoms with Crippen molar-refractivity contribution in [3.05, 3.63) is 64.7 Å². The van der Waals surface area contributed by atoms with E-state index in [-0.39, 0.29) is 11.9 Å². The number of carbonyl (C=O) groups is 2. The second-order valence-corrected chi connectivity index (χ2v) is 7.57.